The van der Waals surface area contributed by atoms with E-state index in [9.17, 15) is 14.4 Å². The SMILES string of the molecule is C#Cc1cnc(C(=O)N2CCC3(CC2)CC(=O)N(Cc2ccccc2)C3=O)nc1. The fourth-order valence-corrected chi connectivity index (χ4v) is 3.97. The fraction of sp³-hybridized carbons (Fsp3) is 0.318. The molecule has 2 aromatic rings. The number of nitrogens with zero attached hydrogens (tertiary/aromatic N) is 4. The summed E-state index contributed by atoms with van der Waals surface area (Å²) in [6.07, 6.45) is 9.27. The maximum Gasteiger partial charge on any atom is 0.291 e. The van der Waals surface area contributed by atoms with Gasteiger partial charge in [0.2, 0.25) is 17.6 Å². The molecule has 0 radical (unpaired) electrons. The molecule has 1 spiro atoms. The molecule has 4 rings (SSSR count). The van der Waals surface area contributed by atoms with E-state index in [-0.39, 0.29) is 36.5 Å². The first-order chi connectivity index (χ1) is 14.0. The molecule has 7 nitrogen and oxygen atoms in total. The maximum atomic E-state index is 13.1. The molecule has 0 unspecified atom stereocenters. The van der Waals surface area contributed by atoms with Crippen molar-refractivity contribution in [2.24, 2.45) is 5.41 Å². The van der Waals surface area contributed by atoms with E-state index in [1.807, 2.05) is 30.3 Å². The standard InChI is InChI=1S/C22H20N4O3/c1-2-16-13-23-19(24-14-16)20(28)25-10-8-22(9-11-25)12-18(27)26(21(22)29)15-17-6-4-3-5-7-17/h1,3-7,13-14H,8-12,15H2. The second-order valence-electron chi connectivity index (χ2n) is 7.46. The molecule has 7 heteroatoms. The van der Waals surface area contributed by atoms with Gasteiger partial charge in [-0.05, 0) is 18.4 Å². The Labute approximate surface area is 168 Å². The zero-order chi connectivity index (χ0) is 20.4. The Bertz CT molecular complexity index is 987. The van der Waals surface area contributed by atoms with E-state index in [2.05, 4.69) is 15.9 Å². The van der Waals surface area contributed by atoms with Crippen LogP contribution in [0.5, 0.6) is 0 Å². The van der Waals surface area contributed by atoms with Crippen molar-refractivity contribution in [2.75, 3.05) is 13.1 Å². The lowest BCUT2D eigenvalue weighted by Gasteiger charge is -2.37. The van der Waals surface area contributed by atoms with Gasteiger partial charge in [-0.25, -0.2) is 9.97 Å². The lowest BCUT2D eigenvalue weighted by atomic mass is 9.77. The van der Waals surface area contributed by atoms with E-state index in [0.717, 1.165) is 5.56 Å². The molecule has 2 saturated heterocycles. The molecule has 2 aliphatic rings. The Kier molecular flexibility index (Phi) is 4.85. The lowest BCUT2D eigenvalue weighted by Crippen LogP contribution is -2.46. The van der Waals surface area contributed by atoms with Gasteiger partial charge in [-0.15, -0.1) is 6.42 Å². The predicted octanol–water partition coefficient (Wildman–Crippen LogP) is 1.64. The van der Waals surface area contributed by atoms with Gasteiger partial charge in [0.1, 0.15) is 0 Å². The Hall–Kier alpha value is -3.53. The van der Waals surface area contributed by atoms with Gasteiger partial charge in [0.05, 0.1) is 17.5 Å². The average Bonchev–Trinajstić information content (AvgIpc) is 2.98. The van der Waals surface area contributed by atoms with Crippen molar-refractivity contribution in [3.63, 3.8) is 0 Å². The second kappa shape index (κ2) is 7.47. The van der Waals surface area contributed by atoms with Crippen LogP contribution in [0.4, 0.5) is 0 Å². The van der Waals surface area contributed by atoms with E-state index >= 15 is 0 Å². The predicted molar refractivity (Wildman–Crippen MR) is 104 cm³/mol. The van der Waals surface area contributed by atoms with Gasteiger partial charge >= 0.3 is 0 Å². The summed E-state index contributed by atoms with van der Waals surface area (Å²) in [6.45, 7) is 1.06. The molecule has 3 amide bonds. The molecule has 3 heterocycles. The minimum absolute atomic E-state index is 0.0829. The number of benzene rings is 1. The highest BCUT2D eigenvalue weighted by Crippen LogP contribution is 2.42. The molecule has 0 saturated carbocycles. The molecule has 0 N–H and O–H groups in total. The minimum atomic E-state index is -0.711. The summed E-state index contributed by atoms with van der Waals surface area (Å²) in [4.78, 5) is 49.3. The molecule has 29 heavy (non-hydrogen) atoms. The minimum Gasteiger partial charge on any atom is -0.336 e. The van der Waals surface area contributed by atoms with Gasteiger partial charge in [-0.3, -0.25) is 19.3 Å². The van der Waals surface area contributed by atoms with Crippen molar-refractivity contribution in [3.05, 3.63) is 59.7 Å². The summed E-state index contributed by atoms with van der Waals surface area (Å²) >= 11 is 0. The van der Waals surface area contributed by atoms with Gasteiger partial charge in [-0.2, -0.15) is 0 Å². The molecule has 1 aromatic carbocycles. The third-order valence-electron chi connectivity index (χ3n) is 5.69. The molecule has 0 aliphatic carbocycles. The van der Waals surface area contributed by atoms with Crippen LogP contribution in [-0.2, 0) is 16.1 Å². The van der Waals surface area contributed by atoms with Crippen molar-refractivity contribution in [1.29, 1.82) is 0 Å². The van der Waals surface area contributed by atoms with Gasteiger partial charge in [0, 0.05) is 31.9 Å². The highest BCUT2D eigenvalue weighted by Gasteiger charge is 2.52. The number of aromatic nitrogens is 2. The number of hydrogen-bond acceptors (Lipinski definition) is 5. The molecule has 1 aromatic heterocycles. The smallest absolute Gasteiger partial charge is 0.291 e. The molecule has 146 valence electrons. The topological polar surface area (TPSA) is 83.5 Å². The first-order valence-corrected chi connectivity index (χ1v) is 9.49. The Morgan fingerprint density at radius 2 is 1.76 bits per heavy atom. The zero-order valence-electron chi connectivity index (χ0n) is 15.9. The Balaban J connectivity index is 1.43. The number of carbonyl (C=O) groups excluding carboxylic acids is 3. The van der Waals surface area contributed by atoms with Crippen molar-refractivity contribution in [2.45, 2.75) is 25.8 Å². The number of imide groups is 1. The van der Waals surface area contributed by atoms with E-state index in [4.69, 9.17) is 6.42 Å². The molecule has 2 fully saturated rings. The monoisotopic (exact) mass is 388 g/mol. The third-order valence-corrected chi connectivity index (χ3v) is 5.69. The summed E-state index contributed by atoms with van der Waals surface area (Å²) < 4.78 is 0. The van der Waals surface area contributed by atoms with Crippen molar-refractivity contribution >= 4 is 17.7 Å². The van der Waals surface area contributed by atoms with Crippen LogP contribution in [0.2, 0.25) is 0 Å². The lowest BCUT2D eigenvalue weighted by molar-refractivity contribution is -0.143. The Morgan fingerprint density at radius 1 is 1.10 bits per heavy atom. The quantitative estimate of drug-likeness (QED) is 0.590. The molecule has 0 bridgehead atoms. The van der Waals surface area contributed by atoms with Crippen LogP contribution in [0.25, 0.3) is 0 Å². The maximum absolute atomic E-state index is 13.1. The number of terminal acetylenes is 1. The van der Waals surface area contributed by atoms with Crippen LogP contribution < -0.4 is 0 Å². The second-order valence-corrected chi connectivity index (χ2v) is 7.46. The van der Waals surface area contributed by atoms with Gasteiger partial charge in [0.15, 0.2) is 0 Å². The van der Waals surface area contributed by atoms with E-state index in [1.165, 1.54) is 17.3 Å². The molecule has 2 aliphatic heterocycles. The van der Waals surface area contributed by atoms with Crippen molar-refractivity contribution in [3.8, 4) is 12.3 Å². The van der Waals surface area contributed by atoms with Crippen LogP contribution in [0, 0.1) is 17.8 Å². The first-order valence-electron chi connectivity index (χ1n) is 9.49. The zero-order valence-corrected chi connectivity index (χ0v) is 15.9. The number of piperidine rings is 1. The van der Waals surface area contributed by atoms with Crippen LogP contribution >= 0.6 is 0 Å². The van der Waals surface area contributed by atoms with E-state index < -0.39 is 5.41 Å². The first kappa shape index (κ1) is 18.8. The summed E-state index contributed by atoms with van der Waals surface area (Å²) in [5, 5.41) is 0. The van der Waals surface area contributed by atoms with Gasteiger partial charge < -0.3 is 4.90 Å². The van der Waals surface area contributed by atoms with Crippen LogP contribution in [0.3, 0.4) is 0 Å². The van der Waals surface area contributed by atoms with Crippen molar-refractivity contribution < 1.29 is 14.4 Å². The van der Waals surface area contributed by atoms with Gasteiger partial charge in [-0.1, -0.05) is 36.3 Å². The van der Waals surface area contributed by atoms with Crippen LogP contribution in [0.1, 0.15) is 41.0 Å². The highest BCUT2D eigenvalue weighted by atomic mass is 16.2. The third kappa shape index (κ3) is 3.49. The molecule has 0 atom stereocenters. The highest BCUT2D eigenvalue weighted by molar-refractivity contribution is 6.06. The van der Waals surface area contributed by atoms with Crippen LogP contribution in [0.15, 0.2) is 42.7 Å². The van der Waals surface area contributed by atoms with E-state index in [0.29, 0.717) is 31.5 Å². The summed E-state index contributed by atoms with van der Waals surface area (Å²) in [6, 6.07) is 9.47. The number of rotatable bonds is 3. The molecular formula is C22H20N4O3. The molecular weight excluding hydrogens is 368 g/mol. The average molecular weight is 388 g/mol. The summed E-state index contributed by atoms with van der Waals surface area (Å²) in [7, 11) is 0. The Morgan fingerprint density at radius 3 is 2.38 bits per heavy atom. The number of amides is 3. The normalized spacial score (nSPS) is 18.2. The number of carbonyl (C=O) groups is 3. The number of hydrogen-bond donors (Lipinski definition) is 0. The van der Waals surface area contributed by atoms with E-state index in [1.54, 1.807) is 4.90 Å². The summed E-state index contributed by atoms with van der Waals surface area (Å²) in [5.41, 5.74) is 0.718. The van der Waals surface area contributed by atoms with Crippen molar-refractivity contribution in [1.82, 2.24) is 19.8 Å². The number of likely N-dealkylation sites (tertiary alicyclic amines) is 2. The van der Waals surface area contributed by atoms with Crippen LogP contribution in [-0.4, -0.2) is 50.6 Å². The largest absolute Gasteiger partial charge is 0.336 e. The fourth-order valence-electron chi connectivity index (χ4n) is 3.97. The van der Waals surface area contributed by atoms with Gasteiger partial charge in [0.25, 0.3) is 5.91 Å². The summed E-state index contributed by atoms with van der Waals surface area (Å²) in [5.74, 6) is 1.93.